The summed E-state index contributed by atoms with van der Waals surface area (Å²) in [7, 11) is 2.71. The zero-order valence-corrected chi connectivity index (χ0v) is 12.0. The van der Waals surface area contributed by atoms with Crippen LogP contribution in [0.4, 0.5) is 8.78 Å². The first kappa shape index (κ1) is 13.8. The molecule has 1 heterocycles. The lowest BCUT2D eigenvalue weighted by Crippen LogP contribution is -2.03. The third-order valence-corrected chi connectivity index (χ3v) is 4.33. The summed E-state index contributed by atoms with van der Waals surface area (Å²) in [6.07, 6.45) is 0. The first-order valence-corrected chi connectivity index (χ1v) is 6.84. The van der Waals surface area contributed by atoms with Crippen molar-refractivity contribution in [3.8, 4) is 11.5 Å². The third-order valence-electron chi connectivity index (χ3n) is 3.22. The van der Waals surface area contributed by atoms with E-state index >= 15 is 0 Å². The number of halogens is 2. The van der Waals surface area contributed by atoms with Crippen LogP contribution in [0.5, 0.6) is 11.5 Å². The Morgan fingerprint density at radius 3 is 1.67 bits per heavy atom. The monoisotopic (exact) mass is 308 g/mol. The maximum atomic E-state index is 13.7. The second-order valence-electron chi connectivity index (χ2n) is 4.40. The normalized spacial score (nSPS) is 11.0. The summed E-state index contributed by atoms with van der Waals surface area (Å²) in [4.78, 5) is 12.4. The second kappa shape index (κ2) is 4.96. The molecule has 0 radical (unpaired) electrons. The predicted octanol–water partition coefficient (Wildman–Crippen LogP) is 3.71. The third kappa shape index (κ3) is 2.12. The van der Waals surface area contributed by atoms with Crippen molar-refractivity contribution in [2.24, 2.45) is 0 Å². The Hall–Kier alpha value is -2.21. The molecule has 108 valence electrons. The van der Waals surface area contributed by atoms with Gasteiger partial charge in [-0.15, -0.1) is 11.3 Å². The van der Waals surface area contributed by atoms with E-state index in [0.717, 1.165) is 12.1 Å². The van der Waals surface area contributed by atoms with Gasteiger partial charge in [-0.2, -0.15) is 0 Å². The number of benzene rings is 2. The van der Waals surface area contributed by atoms with E-state index in [9.17, 15) is 13.6 Å². The highest BCUT2D eigenvalue weighted by Gasteiger charge is 2.14. The maximum absolute atomic E-state index is 13.7. The minimum atomic E-state index is -0.623. The van der Waals surface area contributed by atoms with Crippen LogP contribution < -0.4 is 14.9 Å². The van der Waals surface area contributed by atoms with Crippen molar-refractivity contribution in [3.05, 3.63) is 46.1 Å². The molecule has 6 heteroatoms. The van der Waals surface area contributed by atoms with Crippen molar-refractivity contribution < 1.29 is 18.3 Å². The van der Waals surface area contributed by atoms with Crippen molar-refractivity contribution in [2.45, 2.75) is 0 Å². The van der Waals surface area contributed by atoms with E-state index in [4.69, 9.17) is 9.47 Å². The Labute approximate surface area is 122 Å². The lowest BCUT2D eigenvalue weighted by atomic mass is 10.1. The lowest BCUT2D eigenvalue weighted by molar-refractivity contribution is 0.387. The largest absolute Gasteiger partial charge is 0.494 e. The Bertz CT molecular complexity index is 847. The molecule has 0 saturated heterocycles. The smallest absolute Gasteiger partial charge is 0.196 e. The standard InChI is InChI=1S/C15H10F2O3S/c1-19-11-5-13-7(3-9(11)16)15(18)8-4-10(17)12(20-2)6-14(8)21-13/h3-6H,1-2H3. The Kier molecular flexibility index (Phi) is 3.25. The first-order chi connectivity index (χ1) is 10.0. The van der Waals surface area contributed by atoms with E-state index in [1.54, 1.807) is 0 Å². The van der Waals surface area contributed by atoms with E-state index in [-0.39, 0.29) is 22.3 Å². The summed E-state index contributed by atoms with van der Waals surface area (Å²) in [5, 5.41) is 0.408. The molecule has 0 aliphatic rings. The van der Waals surface area contributed by atoms with Gasteiger partial charge in [0.05, 0.1) is 14.2 Å². The van der Waals surface area contributed by atoms with Crippen LogP contribution >= 0.6 is 11.3 Å². The van der Waals surface area contributed by atoms with E-state index in [1.807, 2.05) is 0 Å². The molecule has 0 atom stereocenters. The zero-order chi connectivity index (χ0) is 15.1. The van der Waals surface area contributed by atoms with Crippen LogP contribution in [0.25, 0.3) is 20.2 Å². The van der Waals surface area contributed by atoms with Gasteiger partial charge in [0.2, 0.25) is 0 Å². The van der Waals surface area contributed by atoms with Crippen molar-refractivity contribution in [2.75, 3.05) is 14.2 Å². The highest BCUT2D eigenvalue weighted by Crippen LogP contribution is 2.32. The molecular weight excluding hydrogens is 298 g/mol. The van der Waals surface area contributed by atoms with Crippen LogP contribution in [-0.2, 0) is 0 Å². The zero-order valence-electron chi connectivity index (χ0n) is 11.2. The number of methoxy groups -OCH3 is 2. The van der Waals surface area contributed by atoms with Crippen molar-refractivity contribution in [3.63, 3.8) is 0 Å². The van der Waals surface area contributed by atoms with Crippen molar-refractivity contribution in [1.82, 2.24) is 0 Å². The number of fused-ring (bicyclic) bond motifs is 2. The van der Waals surface area contributed by atoms with Crippen LogP contribution in [0, 0.1) is 11.6 Å². The molecule has 0 fully saturated rings. The number of ether oxygens (including phenoxy) is 2. The molecule has 1 aromatic heterocycles. The predicted molar refractivity (Wildman–Crippen MR) is 78.6 cm³/mol. The van der Waals surface area contributed by atoms with Gasteiger partial charge in [0.1, 0.15) is 0 Å². The number of rotatable bonds is 2. The van der Waals surface area contributed by atoms with Gasteiger partial charge in [-0.1, -0.05) is 0 Å². The van der Waals surface area contributed by atoms with Gasteiger partial charge in [-0.3, -0.25) is 4.79 Å². The molecule has 0 amide bonds. The number of hydrogen-bond acceptors (Lipinski definition) is 4. The van der Waals surface area contributed by atoms with Gasteiger partial charge in [-0.25, -0.2) is 8.78 Å². The van der Waals surface area contributed by atoms with Gasteiger partial charge in [-0.05, 0) is 12.1 Å². The van der Waals surface area contributed by atoms with Gasteiger partial charge in [0.25, 0.3) is 0 Å². The second-order valence-corrected chi connectivity index (χ2v) is 5.48. The molecule has 3 nitrogen and oxygen atoms in total. The maximum Gasteiger partial charge on any atom is 0.196 e. The summed E-state index contributed by atoms with van der Waals surface area (Å²) >= 11 is 1.25. The quantitative estimate of drug-likeness (QED) is 0.677. The van der Waals surface area contributed by atoms with E-state index in [1.165, 1.54) is 37.7 Å². The highest BCUT2D eigenvalue weighted by atomic mass is 32.1. The molecule has 3 rings (SSSR count). The Balaban J connectivity index is 2.46. The minimum Gasteiger partial charge on any atom is -0.494 e. The molecule has 0 bridgehead atoms. The summed E-state index contributed by atoms with van der Waals surface area (Å²) in [5.41, 5.74) is -0.415. The van der Waals surface area contributed by atoms with Gasteiger partial charge >= 0.3 is 0 Å². The Morgan fingerprint density at radius 1 is 0.857 bits per heavy atom. The summed E-state index contributed by atoms with van der Waals surface area (Å²) in [5.74, 6) is -1.12. The molecule has 0 aliphatic carbocycles. The highest BCUT2D eigenvalue weighted by molar-refractivity contribution is 7.24. The average molecular weight is 308 g/mol. The van der Waals surface area contributed by atoms with Crippen LogP contribution in [-0.4, -0.2) is 14.2 Å². The van der Waals surface area contributed by atoms with E-state index < -0.39 is 17.1 Å². The molecule has 0 spiro atoms. The van der Waals surface area contributed by atoms with Crippen LogP contribution in [0.1, 0.15) is 0 Å². The SMILES string of the molecule is COc1cc2sc3cc(OC)c(F)cc3c(=O)c2cc1F. The Morgan fingerprint density at radius 2 is 1.29 bits per heavy atom. The molecular formula is C15H10F2O3S. The average Bonchev–Trinajstić information content (AvgIpc) is 2.48. The van der Waals surface area contributed by atoms with E-state index in [0.29, 0.717) is 9.40 Å². The van der Waals surface area contributed by atoms with Crippen LogP contribution in [0.15, 0.2) is 29.1 Å². The van der Waals surface area contributed by atoms with Gasteiger partial charge < -0.3 is 9.47 Å². The molecule has 3 aromatic rings. The topological polar surface area (TPSA) is 35.5 Å². The van der Waals surface area contributed by atoms with Gasteiger partial charge in [0.15, 0.2) is 28.6 Å². The fraction of sp³-hybridized carbons (Fsp3) is 0.133. The molecule has 2 aromatic carbocycles. The summed E-state index contributed by atoms with van der Waals surface area (Å²) in [6, 6.07) is 5.17. The van der Waals surface area contributed by atoms with Gasteiger partial charge in [0, 0.05) is 32.3 Å². The fourth-order valence-corrected chi connectivity index (χ4v) is 3.26. The van der Waals surface area contributed by atoms with Crippen LogP contribution in [0.2, 0.25) is 0 Å². The number of hydrogen-bond donors (Lipinski definition) is 0. The van der Waals surface area contributed by atoms with Crippen molar-refractivity contribution >= 4 is 31.5 Å². The van der Waals surface area contributed by atoms with E-state index in [2.05, 4.69) is 0 Å². The van der Waals surface area contributed by atoms with Crippen molar-refractivity contribution in [1.29, 1.82) is 0 Å². The summed E-state index contributed by atoms with van der Waals surface area (Å²) < 4.78 is 38.5. The van der Waals surface area contributed by atoms with Crippen LogP contribution in [0.3, 0.4) is 0 Å². The molecule has 0 unspecified atom stereocenters. The molecule has 0 N–H and O–H groups in total. The molecule has 0 saturated carbocycles. The molecule has 0 aliphatic heterocycles. The minimum absolute atomic E-state index is 0.0616. The fourth-order valence-electron chi connectivity index (χ4n) is 2.17. The molecule has 21 heavy (non-hydrogen) atoms. The lowest BCUT2D eigenvalue weighted by Gasteiger charge is -2.07. The first-order valence-electron chi connectivity index (χ1n) is 6.02. The summed E-state index contributed by atoms with van der Waals surface area (Å²) in [6.45, 7) is 0.